The first-order chi connectivity index (χ1) is 7.82. The monoisotopic (exact) mass is 300 g/mol. The van der Waals surface area contributed by atoms with Gasteiger partial charge in [0.05, 0.1) is 0 Å². The van der Waals surface area contributed by atoms with Crippen molar-refractivity contribution in [3.63, 3.8) is 0 Å². The molecular formula is C12H14BrFN2O. The van der Waals surface area contributed by atoms with Gasteiger partial charge in [-0.15, -0.1) is 0 Å². The topological polar surface area (TPSA) is 32.7 Å². The van der Waals surface area contributed by atoms with E-state index in [1.165, 1.54) is 13.0 Å². The third-order valence-corrected chi connectivity index (χ3v) is 2.79. The normalized spacial score (nSPS) is 11.5. The van der Waals surface area contributed by atoms with E-state index in [1.807, 2.05) is 14.1 Å². The molecule has 0 aromatic heterocycles. The average molecular weight is 301 g/mol. The zero-order valence-corrected chi connectivity index (χ0v) is 11.8. The number of amidine groups is 1. The molecule has 0 aliphatic rings. The highest BCUT2D eigenvalue weighted by Crippen LogP contribution is 2.28. The van der Waals surface area contributed by atoms with Crippen LogP contribution in [0, 0.1) is 5.82 Å². The van der Waals surface area contributed by atoms with Crippen LogP contribution in [-0.2, 0) is 0 Å². The third-order valence-electron chi connectivity index (χ3n) is 2.33. The number of carbonyl (C=O) groups excluding carboxylic acids is 1. The van der Waals surface area contributed by atoms with Crippen molar-refractivity contribution in [2.75, 3.05) is 14.1 Å². The molecule has 1 aromatic rings. The predicted molar refractivity (Wildman–Crippen MR) is 70.6 cm³/mol. The van der Waals surface area contributed by atoms with Crippen molar-refractivity contribution in [3.8, 4) is 0 Å². The summed E-state index contributed by atoms with van der Waals surface area (Å²) in [5, 5.41) is 0. The van der Waals surface area contributed by atoms with Crippen molar-refractivity contribution in [1.82, 2.24) is 4.90 Å². The van der Waals surface area contributed by atoms with Crippen LogP contribution >= 0.6 is 15.9 Å². The molecule has 0 aliphatic carbocycles. The molecular weight excluding hydrogens is 287 g/mol. The van der Waals surface area contributed by atoms with Crippen LogP contribution in [0.2, 0.25) is 0 Å². The second kappa shape index (κ2) is 5.40. The van der Waals surface area contributed by atoms with Gasteiger partial charge in [-0.3, -0.25) is 4.79 Å². The maximum absolute atomic E-state index is 13.8. The van der Waals surface area contributed by atoms with Crippen molar-refractivity contribution < 1.29 is 9.18 Å². The molecule has 0 saturated carbocycles. The third kappa shape index (κ3) is 3.36. The van der Waals surface area contributed by atoms with Crippen molar-refractivity contribution in [2.24, 2.45) is 4.99 Å². The highest BCUT2D eigenvalue weighted by atomic mass is 79.9. The van der Waals surface area contributed by atoms with E-state index in [-0.39, 0.29) is 17.0 Å². The Balaban J connectivity index is 3.41. The van der Waals surface area contributed by atoms with E-state index >= 15 is 0 Å². The van der Waals surface area contributed by atoms with E-state index in [9.17, 15) is 9.18 Å². The molecule has 1 rings (SSSR count). The molecule has 1 aromatic carbocycles. The maximum Gasteiger partial charge on any atom is 0.162 e. The first-order valence-corrected chi connectivity index (χ1v) is 5.85. The van der Waals surface area contributed by atoms with Crippen LogP contribution in [0.1, 0.15) is 24.2 Å². The number of nitrogens with zero attached hydrogens (tertiary/aromatic N) is 2. The Morgan fingerprint density at radius 2 is 1.94 bits per heavy atom. The molecule has 0 unspecified atom stereocenters. The Morgan fingerprint density at radius 1 is 1.35 bits per heavy atom. The summed E-state index contributed by atoms with van der Waals surface area (Å²) in [5.41, 5.74) is 0.366. The zero-order valence-electron chi connectivity index (χ0n) is 10.2. The Bertz CT molecular complexity index is 484. The van der Waals surface area contributed by atoms with Gasteiger partial charge in [0.15, 0.2) is 11.6 Å². The second-order valence-electron chi connectivity index (χ2n) is 3.89. The number of aliphatic imine (C=N–C) groups is 1. The van der Waals surface area contributed by atoms with E-state index in [1.54, 1.807) is 17.9 Å². The van der Waals surface area contributed by atoms with Crippen LogP contribution in [-0.4, -0.2) is 30.6 Å². The van der Waals surface area contributed by atoms with Gasteiger partial charge in [0.2, 0.25) is 0 Å². The summed E-state index contributed by atoms with van der Waals surface area (Å²) in [5.74, 6) is -0.0880. The summed E-state index contributed by atoms with van der Waals surface area (Å²) in [4.78, 5) is 17.4. The summed E-state index contributed by atoms with van der Waals surface area (Å²) in [7, 11) is 3.62. The molecule has 0 heterocycles. The molecule has 0 bridgehead atoms. The number of hydrogen-bond acceptors (Lipinski definition) is 2. The van der Waals surface area contributed by atoms with Crippen molar-refractivity contribution >= 4 is 33.2 Å². The van der Waals surface area contributed by atoms with Gasteiger partial charge in [-0.2, -0.15) is 0 Å². The van der Waals surface area contributed by atoms with Gasteiger partial charge in [-0.1, -0.05) is 15.9 Å². The van der Waals surface area contributed by atoms with Gasteiger partial charge in [0.25, 0.3) is 0 Å². The number of ketones is 1. The first kappa shape index (κ1) is 13.8. The van der Waals surface area contributed by atoms with Gasteiger partial charge in [-0.25, -0.2) is 9.38 Å². The molecule has 0 atom stereocenters. The van der Waals surface area contributed by atoms with Crippen LogP contribution < -0.4 is 0 Å². The fraction of sp³-hybridized carbons (Fsp3) is 0.333. The molecule has 0 saturated heterocycles. The molecule has 0 spiro atoms. The van der Waals surface area contributed by atoms with Gasteiger partial charge in [0, 0.05) is 24.1 Å². The van der Waals surface area contributed by atoms with Crippen LogP contribution in [0.25, 0.3) is 0 Å². The Kier molecular flexibility index (Phi) is 4.40. The molecule has 3 nitrogen and oxygen atoms in total. The van der Waals surface area contributed by atoms with Gasteiger partial charge < -0.3 is 4.90 Å². The number of benzene rings is 1. The minimum Gasteiger partial charge on any atom is -0.366 e. The molecule has 92 valence electrons. The summed E-state index contributed by atoms with van der Waals surface area (Å²) < 4.78 is 14.3. The van der Waals surface area contributed by atoms with E-state index in [2.05, 4.69) is 20.9 Å². The molecule has 0 radical (unpaired) electrons. The highest BCUT2D eigenvalue weighted by molar-refractivity contribution is 9.10. The van der Waals surface area contributed by atoms with E-state index in [0.29, 0.717) is 10.3 Å². The van der Waals surface area contributed by atoms with Crippen LogP contribution in [0.15, 0.2) is 21.6 Å². The maximum atomic E-state index is 13.8. The SMILES string of the molecule is CC(=O)c1cc(Br)cc(F)c1N=C(C)N(C)C. The Hall–Kier alpha value is -1.23. The molecule has 0 N–H and O–H groups in total. The standard InChI is InChI=1S/C12H14BrFN2O/c1-7(17)10-5-9(13)6-11(14)12(10)15-8(2)16(3)4/h5-6H,1-4H3. The minimum absolute atomic E-state index is 0.0897. The summed E-state index contributed by atoms with van der Waals surface area (Å²) in [6.07, 6.45) is 0. The average Bonchev–Trinajstić information content (AvgIpc) is 2.20. The zero-order chi connectivity index (χ0) is 13.2. The number of carbonyl (C=O) groups is 1. The van der Waals surface area contributed by atoms with Gasteiger partial charge in [-0.05, 0) is 26.0 Å². The van der Waals surface area contributed by atoms with Crippen molar-refractivity contribution in [2.45, 2.75) is 13.8 Å². The summed E-state index contributed by atoms with van der Waals surface area (Å²) >= 11 is 3.16. The smallest absolute Gasteiger partial charge is 0.162 e. The molecule has 17 heavy (non-hydrogen) atoms. The lowest BCUT2D eigenvalue weighted by Gasteiger charge is -2.12. The van der Waals surface area contributed by atoms with Crippen LogP contribution in [0.3, 0.4) is 0 Å². The lowest BCUT2D eigenvalue weighted by molar-refractivity contribution is 0.101. The van der Waals surface area contributed by atoms with Crippen molar-refractivity contribution in [3.05, 3.63) is 28.0 Å². The predicted octanol–water partition coefficient (Wildman–Crippen LogP) is 3.40. The number of Topliss-reactive ketones (excluding diaryl/α,β-unsaturated/α-hetero) is 1. The number of rotatable bonds is 2. The quantitative estimate of drug-likeness (QED) is 0.476. The van der Waals surface area contributed by atoms with Gasteiger partial charge in [0.1, 0.15) is 11.5 Å². The number of hydrogen-bond donors (Lipinski definition) is 0. The number of halogens is 2. The Labute approximate surface area is 108 Å². The summed E-state index contributed by atoms with van der Waals surface area (Å²) in [6, 6.07) is 2.88. The molecule has 5 heteroatoms. The minimum atomic E-state index is -0.509. The van der Waals surface area contributed by atoms with E-state index < -0.39 is 5.82 Å². The molecule has 0 aliphatic heterocycles. The summed E-state index contributed by atoms with van der Waals surface area (Å²) in [6.45, 7) is 3.15. The van der Waals surface area contributed by atoms with E-state index in [0.717, 1.165) is 0 Å². The first-order valence-electron chi connectivity index (χ1n) is 5.05. The largest absolute Gasteiger partial charge is 0.366 e. The second-order valence-corrected chi connectivity index (χ2v) is 4.81. The lowest BCUT2D eigenvalue weighted by atomic mass is 10.1. The molecule has 0 amide bonds. The van der Waals surface area contributed by atoms with Crippen LogP contribution in [0.4, 0.5) is 10.1 Å². The fourth-order valence-electron chi connectivity index (χ4n) is 1.21. The van der Waals surface area contributed by atoms with Gasteiger partial charge >= 0.3 is 0 Å². The highest BCUT2D eigenvalue weighted by Gasteiger charge is 2.14. The fourth-order valence-corrected chi connectivity index (χ4v) is 1.64. The van der Waals surface area contributed by atoms with E-state index in [4.69, 9.17) is 0 Å². The van der Waals surface area contributed by atoms with Crippen molar-refractivity contribution in [1.29, 1.82) is 0 Å². The van der Waals surface area contributed by atoms with Crippen LogP contribution in [0.5, 0.6) is 0 Å². The lowest BCUT2D eigenvalue weighted by Crippen LogP contribution is -2.18. The Morgan fingerprint density at radius 3 is 2.41 bits per heavy atom. The molecule has 0 fully saturated rings.